The van der Waals surface area contributed by atoms with Gasteiger partial charge in [-0.1, -0.05) is 6.07 Å². The van der Waals surface area contributed by atoms with Crippen molar-refractivity contribution in [3.8, 4) is 0 Å². The van der Waals surface area contributed by atoms with Crippen molar-refractivity contribution in [2.75, 3.05) is 32.4 Å². The Kier molecular flexibility index (Phi) is 5.49. The van der Waals surface area contributed by atoms with Gasteiger partial charge in [-0.3, -0.25) is 9.59 Å². The molecule has 2 aliphatic rings. The molecule has 0 bridgehead atoms. The largest absolute Gasteiger partial charge is 0.342 e. The lowest BCUT2D eigenvalue weighted by Crippen LogP contribution is -2.43. The molecule has 24 heavy (non-hydrogen) atoms. The van der Waals surface area contributed by atoms with Gasteiger partial charge in [0.2, 0.25) is 5.91 Å². The lowest BCUT2D eigenvalue weighted by Gasteiger charge is -2.33. The molecule has 2 amide bonds. The van der Waals surface area contributed by atoms with Crippen LogP contribution in [0.5, 0.6) is 0 Å². The zero-order chi connectivity index (χ0) is 17.1. The molecule has 0 spiro atoms. The van der Waals surface area contributed by atoms with Crippen molar-refractivity contribution in [2.24, 2.45) is 5.92 Å². The standard InChI is InChI=1S/C19H26N2O2S/c1-14-5-6-16(24-2)13-17(14)19(23)21-11-7-15(8-12-21)18(22)20-9-3-4-10-20/h5-6,13,15H,3-4,7-12H2,1-2H3. The number of aryl methyl sites for hydroxylation is 1. The normalized spacial score (nSPS) is 18.9. The first-order valence-corrected chi connectivity index (χ1v) is 10.1. The highest BCUT2D eigenvalue weighted by Gasteiger charge is 2.31. The zero-order valence-electron chi connectivity index (χ0n) is 14.6. The molecule has 2 saturated heterocycles. The van der Waals surface area contributed by atoms with Crippen LogP contribution in [0.3, 0.4) is 0 Å². The summed E-state index contributed by atoms with van der Waals surface area (Å²) in [5, 5.41) is 0. The lowest BCUT2D eigenvalue weighted by molar-refractivity contribution is -0.135. The molecule has 0 aliphatic carbocycles. The highest BCUT2D eigenvalue weighted by Crippen LogP contribution is 2.25. The van der Waals surface area contributed by atoms with E-state index in [2.05, 4.69) is 6.07 Å². The van der Waals surface area contributed by atoms with E-state index in [0.717, 1.165) is 54.8 Å². The Hall–Kier alpha value is -1.49. The second-order valence-corrected chi connectivity index (χ2v) is 7.66. The Morgan fingerprint density at radius 3 is 2.33 bits per heavy atom. The molecule has 130 valence electrons. The molecule has 0 aromatic heterocycles. The fraction of sp³-hybridized carbons (Fsp3) is 0.579. The van der Waals surface area contributed by atoms with Crippen LogP contribution >= 0.6 is 11.8 Å². The van der Waals surface area contributed by atoms with Gasteiger partial charge >= 0.3 is 0 Å². The molecule has 1 aromatic carbocycles. The Bertz CT molecular complexity index is 618. The predicted octanol–water partition coefficient (Wildman–Crippen LogP) is 3.19. The summed E-state index contributed by atoms with van der Waals surface area (Å²) in [5.41, 5.74) is 1.82. The molecule has 0 atom stereocenters. The summed E-state index contributed by atoms with van der Waals surface area (Å²) >= 11 is 1.65. The van der Waals surface area contributed by atoms with E-state index in [1.807, 2.05) is 35.1 Å². The highest BCUT2D eigenvalue weighted by atomic mass is 32.2. The maximum atomic E-state index is 12.8. The van der Waals surface area contributed by atoms with Gasteiger partial charge in [-0.15, -0.1) is 11.8 Å². The SMILES string of the molecule is CSc1ccc(C)c(C(=O)N2CCC(C(=O)N3CCCC3)CC2)c1. The first kappa shape index (κ1) is 17.3. The van der Waals surface area contributed by atoms with E-state index in [4.69, 9.17) is 0 Å². The molecule has 2 heterocycles. The summed E-state index contributed by atoms with van der Waals surface area (Å²) in [6, 6.07) is 6.06. The molecular weight excluding hydrogens is 320 g/mol. The molecule has 0 N–H and O–H groups in total. The third kappa shape index (κ3) is 3.61. The summed E-state index contributed by atoms with van der Waals surface area (Å²) < 4.78 is 0. The van der Waals surface area contributed by atoms with E-state index in [1.165, 1.54) is 0 Å². The number of piperidine rings is 1. The van der Waals surface area contributed by atoms with Gasteiger partial charge in [0.05, 0.1) is 0 Å². The Balaban J connectivity index is 1.62. The fourth-order valence-electron chi connectivity index (χ4n) is 3.65. The van der Waals surface area contributed by atoms with Crippen LogP contribution in [0.1, 0.15) is 41.6 Å². The van der Waals surface area contributed by atoms with Crippen molar-refractivity contribution in [3.63, 3.8) is 0 Å². The maximum Gasteiger partial charge on any atom is 0.254 e. The van der Waals surface area contributed by atoms with Crippen molar-refractivity contribution in [1.82, 2.24) is 9.80 Å². The van der Waals surface area contributed by atoms with Crippen LogP contribution in [0.15, 0.2) is 23.1 Å². The quantitative estimate of drug-likeness (QED) is 0.789. The van der Waals surface area contributed by atoms with Gasteiger partial charge in [-0.2, -0.15) is 0 Å². The summed E-state index contributed by atoms with van der Waals surface area (Å²) in [5.74, 6) is 0.515. The minimum atomic E-state index is 0.103. The fourth-order valence-corrected chi connectivity index (χ4v) is 4.09. The molecule has 2 fully saturated rings. The molecule has 0 unspecified atom stereocenters. The van der Waals surface area contributed by atoms with Crippen molar-refractivity contribution in [2.45, 2.75) is 37.5 Å². The van der Waals surface area contributed by atoms with Gasteiger partial charge in [0.1, 0.15) is 0 Å². The highest BCUT2D eigenvalue weighted by molar-refractivity contribution is 7.98. The molecular formula is C19H26N2O2S. The lowest BCUT2D eigenvalue weighted by atomic mass is 9.94. The summed E-state index contributed by atoms with van der Waals surface area (Å²) in [6.45, 7) is 5.19. The van der Waals surface area contributed by atoms with Gasteiger partial charge in [0.25, 0.3) is 5.91 Å². The molecule has 1 aromatic rings. The van der Waals surface area contributed by atoms with Crippen LogP contribution in [-0.2, 0) is 4.79 Å². The van der Waals surface area contributed by atoms with E-state index in [1.54, 1.807) is 11.8 Å². The number of carbonyl (C=O) groups is 2. The van der Waals surface area contributed by atoms with E-state index in [-0.39, 0.29) is 11.8 Å². The number of benzene rings is 1. The molecule has 5 heteroatoms. The maximum absolute atomic E-state index is 12.8. The molecule has 3 rings (SSSR count). The van der Waals surface area contributed by atoms with Crippen LogP contribution in [0.2, 0.25) is 0 Å². The van der Waals surface area contributed by atoms with Gasteiger partial charge in [-0.25, -0.2) is 0 Å². The molecule has 4 nitrogen and oxygen atoms in total. The summed E-state index contributed by atoms with van der Waals surface area (Å²) in [4.78, 5) is 30.4. The van der Waals surface area contributed by atoms with Crippen molar-refractivity contribution < 1.29 is 9.59 Å². The number of hydrogen-bond acceptors (Lipinski definition) is 3. The smallest absolute Gasteiger partial charge is 0.254 e. The zero-order valence-corrected chi connectivity index (χ0v) is 15.4. The van der Waals surface area contributed by atoms with Crippen LogP contribution in [0.4, 0.5) is 0 Å². The number of amides is 2. The predicted molar refractivity (Wildman–Crippen MR) is 97.4 cm³/mol. The van der Waals surface area contributed by atoms with Gasteiger partial charge in [-0.05, 0) is 56.6 Å². The summed E-state index contributed by atoms with van der Waals surface area (Å²) in [6.07, 6.45) is 5.88. The average Bonchev–Trinajstić information content (AvgIpc) is 3.16. The van der Waals surface area contributed by atoms with Crippen LogP contribution in [-0.4, -0.2) is 54.0 Å². The number of rotatable bonds is 3. The molecule has 0 radical (unpaired) electrons. The topological polar surface area (TPSA) is 40.6 Å². The first-order chi connectivity index (χ1) is 11.6. The summed E-state index contributed by atoms with van der Waals surface area (Å²) in [7, 11) is 0. The number of likely N-dealkylation sites (tertiary alicyclic amines) is 2. The first-order valence-electron chi connectivity index (χ1n) is 8.83. The molecule has 2 aliphatic heterocycles. The number of carbonyl (C=O) groups excluding carboxylic acids is 2. The number of hydrogen-bond donors (Lipinski definition) is 0. The second-order valence-electron chi connectivity index (χ2n) is 6.78. The van der Waals surface area contributed by atoms with Crippen LogP contribution in [0, 0.1) is 12.8 Å². The van der Waals surface area contributed by atoms with Gasteiger partial charge in [0.15, 0.2) is 0 Å². The van der Waals surface area contributed by atoms with Crippen LogP contribution in [0.25, 0.3) is 0 Å². The van der Waals surface area contributed by atoms with E-state index in [0.29, 0.717) is 19.0 Å². The van der Waals surface area contributed by atoms with E-state index >= 15 is 0 Å². The number of nitrogens with zero attached hydrogens (tertiary/aromatic N) is 2. The minimum Gasteiger partial charge on any atom is -0.342 e. The minimum absolute atomic E-state index is 0.103. The van der Waals surface area contributed by atoms with Gasteiger partial charge < -0.3 is 9.80 Å². The Morgan fingerprint density at radius 1 is 1.04 bits per heavy atom. The van der Waals surface area contributed by atoms with Gasteiger partial charge in [0, 0.05) is 42.6 Å². The average molecular weight is 346 g/mol. The van der Waals surface area contributed by atoms with Crippen molar-refractivity contribution in [1.29, 1.82) is 0 Å². The Labute approximate surface area is 148 Å². The Morgan fingerprint density at radius 2 is 1.71 bits per heavy atom. The van der Waals surface area contributed by atoms with E-state index in [9.17, 15) is 9.59 Å². The third-order valence-electron chi connectivity index (χ3n) is 5.22. The third-order valence-corrected chi connectivity index (χ3v) is 5.95. The van der Waals surface area contributed by atoms with Crippen molar-refractivity contribution in [3.05, 3.63) is 29.3 Å². The van der Waals surface area contributed by atoms with Crippen LogP contribution < -0.4 is 0 Å². The number of thioether (sulfide) groups is 1. The second kappa shape index (κ2) is 7.60. The van der Waals surface area contributed by atoms with E-state index < -0.39 is 0 Å². The molecule has 0 saturated carbocycles. The monoisotopic (exact) mass is 346 g/mol. The van der Waals surface area contributed by atoms with Crippen molar-refractivity contribution >= 4 is 23.6 Å².